The van der Waals surface area contributed by atoms with E-state index in [4.69, 9.17) is 21.1 Å². The third-order valence-corrected chi connectivity index (χ3v) is 6.38. The summed E-state index contributed by atoms with van der Waals surface area (Å²) in [5.41, 5.74) is 3.14. The number of amides is 1. The Morgan fingerprint density at radius 1 is 1.19 bits per heavy atom. The van der Waals surface area contributed by atoms with Gasteiger partial charge in [-0.1, -0.05) is 19.9 Å². The van der Waals surface area contributed by atoms with Crippen LogP contribution in [0.4, 0.5) is 14.9 Å². The summed E-state index contributed by atoms with van der Waals surface area (Å²) in [6, 6.07) is 11.4. The highest BCUT2D eigenvalue weighted by Crippen LogP contribution is 2.41. The molecule has 0 atom stereocenters. The van der Waals surface area contributed by atoms with Crippen molar-refractivity contribution >= 4 is 46.0 Å². The Labute approximate surface area is 214 Å². The van der Waals surface area contributed by atoms with Crippen molar-refractivity contribution in [1.82, 2.24) is 9.88 Å². The van der Waals surface area contributed by atoms with Crippen LogP contribution >= 0.6 is 11.6 Å². The summed E-state index contributed by atoms with van der Waals surface area (Å²) in [5, 5.41) is 0.951. The smallest absolute Gasteiger partial charge is 0.434 e. The van der Waals surface area contributed by atoms with Crippen LogP contribution < -0.4 is 4.90 Å². The molecule has 0 aliphatic carbocycles. The Morgan fingerprint density at radius 2 is 1.92 bits per heavy atom. The molecule has 0 fully saturated rings. The summed E-state index contributed by atoms with van der Waals surface area (Å²) >= 11 is 5.92. The number of rotatable bonds is 6. The highest BCUT2D eigenvalue weighted by Gasteiger charge is 2.37. The van der Waals surface area contributed by atoms with Gasteiger partial charge in [0.1, 0.15) is 5.82 Å². The maximum atomic E-state index is 13.4. The van der Waals surface area contributed by atoms with Crippen molar-refractivity contribution in [1.29, 1.82) is 0 Å². The largest absolute Gasteiger partial charge is 0.513 e. The molecule has 2 aromatic carbocycles. The van der Waals surface area contributed by atoms with Crippen LogP contribution in [0.5, 0.6) is 0 Å². The van der Waals surface area contributed by atoms with Crippen LogP contribution in [0.1, 0.15) is 42.4 Å². The van der Waals surface area contributed by atoms with E-state index >= 15 is 0 Å². The molecule has 0 radical (unpaired) electrons. The van der Waals surface area contributed by atoms with Gasteiger partial charge in [0.15, 0.2) is 5.76 Å². The third kappa shape index (κ3) is 5.04. The molecule has 2 heterocycles. The molecule has 1 aliphatic rings. The minimum absolute atomic E-state index is 0.144. The van der Waals surface area contributed by atoms with Gasteiger partial charge >= 0.3 is 6.16 Å². The summed E-state index contributed by atoms with van der Waals surface area (Å²) in [6.45, 7) is 6.87. The standard InChI is InChI=1S/C27H29ClFN3O4/c1-5-35-26(34)36-22-15-32(25(33)17-6-8-18(29)9-7-17)16-27(2,3)23-20-11-10-19(31(4)13-12-28)14-21(20)30-24(22)23/h6-11,14-15,30H,5,12-13,16H2,1-4H3. The number of hydrogen-bond donors (Lipinski definition) is 1. The Bertz CT molecular complexity index is 1320. The number of halogens is 2. The maximum absolute atomic E-state index is 13.4. The molecule has 9 heteroatoms. The van der Waals surface area contributed by atoms with Gasteiger partial charge in [0, 0.05) is 53.6 Å². The summed E-state index contributed by atoms with van der Waals surface area (Å²) in [6.07, 6.45) is 0.635. The number of carbonyl (C=O) groups is 2. The fourth-order valence-corrected chi connectivity index (χ4v) is 4.78. The van der Waals surface area contributed by atoms with E-state index < -0.39 is 17.4 Å². The molecule has 0 bridgehead atoms. The third-order valence-electron chi connectivity index (χ3n) is 6.21. The van der Waals surface area contributed by atoms with Gasteiger partial charge in [-0.25, -0.2) is 9.18 Å². The van der Waals surface area contributed by atoms with Gasteiger partial charge in [0.05, 0.1) is 18.5 Å². The fraction of sp³-hybridized carbons (Fsp3) is 0.333. The number of benzene rings is 2. The first-order valence-electron chi connectivity index (χ1n) is 11.7. The van der Waals surface area contributed by atoms with Crippen molar-refractivity contribution in [2.45, 2.75) is 26.2 Å². The van der Waals surface area contributed by atoms with Crippen LogP contribution in [0.15, 0.2) is 48.7 Å². The fourth-order valence-electron chi connectivity index (χ4n) is 4.53. The number of H-pyrrole nitrogens is 1. The van der Waals surface area contributed by atoms with Gasteiger partial charge in [-0.05, 0) is 48.9 Å². The minimum atomic E-state index is -0.871. The van der Waals surface area contributed by atoms with Gasteiger partial charge in [-0.3, -0.25) is 4.79 Å². The summed E-state index contributed by atoms with van der Waals surface area (Å²) in [4.78, 5) is 32.7. The average molecular weight is 514 g/mol. The molecule has 4 rings (SSSR count). The maximum Gasteiger partial charge on any atom is 0.513 e. The molecule has 3 aromatic rings. The quantitative estimate of drug-likeness (QED) is 0.329. The first-order chi connectivity index (χ1) is 17.1. The van der Waals surface area contributed by atoms with Crippen molar-refractivity contribution in [2.75, 3.05) is 37.5 Å². The Hall–Kier alpha value is -3.52. The topological polar surface area (TPSA) is 74.9 Å². The molecular formula is C27H29ClFN3O4. The van der Waals surface area contributed by atoms with Crippen molar-refractivity contribution in [3.63, 3.8) is 0 Å². The average Bonchev–Trinajstić information content (AvgIpc) is 3.18. The molecule has 7 nitrogen and oxygen atoms in total. The zero-order chi connectivity index (χ0) is 26.0. The number of alkyl halides is 1. The zero-order valence-electron chi connectivity index (χ0n) is 20.7. The molecule has 1 N–H and O–H groups in total. The predicted octanol–water partition coefficient (Wildman–Crippen LogP) is 5.89. The van der Waals surface area contributed by atoms with Crippen LogP contribution in [-0.2, 0) is 14.9 Å². The number of aromatic nitrogens is 1. The number of ether oxygens (including phenoxy) is 2. The van der Waals surface area contributed by atoms with Crippen LogP contribution in [0.2, 0.25) is 0 Å². The normalized spacial score (nSPS) is 14.6. The van der Waals surface area contributed by atoms with Gasteiger partial charge in [-0.2, -0.15) is 0 Å². The zero-order valence-corrected chi connectivity index (χ0v) is 21.5. The van der Waals surface area contributed by atoms with Crippen LogP contribution in [0, 0.1) is 5.82 Å². The predicted molar refractivity (Wildman–Crippen MR) is 139 cm³/mol. The van der Waals surface area contributed by atoms with Crippen molar-refractivity contribution in [3.8, 4) is 0 Å². The van der Waals surface area contributed by atoms with Gasteiger partial charge < -0.3 is 24.3 Å². The first kappa shape index (κ1) is 25.6. The molecule has 1 aromatic heterocycles. The van der Waals surface area contributed by atoms with Gasteiger partial charge in [0.25, 0.3) is 5.91 Å². The molecule has 1 aliphatic heterocycles. The molecule has 0 unspecified atom stereocenters. The lowest BCUT2D eigenvalue weighted by Gasteiger charge is -2.29. The van der Waals surface area contributed by atoms with E-state index in [1.165, 1.54) is 35.4 Å². The number of nitrogens with zero attached hydrogens (tertiary/aromatic N) is 2. The van der Waals surface area contributed by atoms with Gasteiger partial charge in [0.2, 0.25) is 0 Å². The SMILES string of the molecule is CCOC(=O)OC1=CN(C(=O)c2ccc(F)cc2)CC(C)(C)c2c1[nH]c1cc(N(C)CCCl)ccc21. The van der Waals surface area contributed by atoms with Crippen molar-refractivity contribution < 1.29 is 23.5 Å². The van der Waals surface area contributed by atoms with Crippen LogP contribution in [0.3, 0.4) is 0 Å². The number of carbonyl (C=O) groups excluding carboxylic acids is 2. The number of hydrogen-bond acceptors (Lipinski definition) is 5. The van der Waals surface area contributed by atoms with E-state index in [1.807, 2.05) is 39.1 Å². The number of nitrogens with one attached hydrogen (secondary N) is 1. The van der Waals surface area contributed by atoms with E-state index in [9.17, 15) is 14.0 Å². The molecular weight excluding hydrogens is 485 g/mol. The Morgan fingerprint density at radius 3 is 2.58 bits per heavy atom. The minimum Gasteiger partial charge on any atom is -0.434 e. The molecule has 36 heavy (non-hydrogen) atoms. The Balaban J connectivity index is 1.84. The lowest BCUT2D eigenvalue weighted by Crippen LogP contribution is -2.36. The van der Waals surface area contributed by atoms with Crippen LogP contribution in [0.25, 0.3) is 16.7 Å². The number of aromatic amines is 1. The highest BCUT2D eigenvalue weighted by atomic mass is 35.5. The second kappa shape index (κ2) is 10.2. The molecule has 1 amide bonds. The summed E-state index contributed by atoms with van der Waals surface area (Å²) in [7, 11) is 1.97. The lowest BCUT2D eigenvalue weighted by molar-refractivity contribution is 0.0788. The highest BCUT2D eigenvalue weighted by molar-refractivity contribution is 6.18. The molecule has 0 spiro atoms. The molecule has 190 valence electrons. The first-order valence-corrected chi connectivity index (χ1v) is 12.2. The summed E-state index contributed by atoms with van der Waals surface area (Å²) in [5.74, 6) is -0.105. The van der Waals surface area contributed by atoms with E-state index in [2.05, 4.69) is 9.88 Å². The van der Waals surface area contributed by atoms with E-state index in [0.29, 0.717) is 30.2 Å². The second-order valence-corrected chi connectivity index (χ2v) is 9.70. The van der Waals surface area contributed by atoms with E-state index in [0.717, 1.165) is 22.2 Å². The Kier molecular flexibility index (Phi) is 7.26. The van der Waals surface area contributed by atoms with E-state index in [1.54, 1.807) is 6.92 Å². The number of anilines is 1. The van der Waals surface area contributed by atoms with Crippen molar-refractivity contribution in [2.24, 2.45) is 0 Å². The molecule has 0 saturated heterocycles. The number of fused-ring (bicyclic) bond motifs is 3. The molecule has 0 saturated carbocycles. The monoisotopic (exact) mass is 513 g/mol. The summed E-state index contributed by atoms with van der Waals surface area (Å²) < 4.78 is 24.1. The van der Waals surface area contributed by atoms with Gasteiger partial charge in [-0.15, -0.1) is 11.6 Å². The van der Waals surface area contributed by atoms with Crippen LogP contribution in [-0.4, -0.2) is 54.6 Å². The van der Waals surface area contributed by atoms with Crippen molar-refractivity contribution in [3.05, 3.63) is 71.3 Å². The second-order valence-electron chi connectivity index (χ2n) is 9.32. The lowest BCUT2D eigenvalue weighted by atomic mass is 9.82. The van der Waals surface area contributed by atoms with E-state index in [-0.39, 0.29) is 18.3 Å².